The van der Waals surface area contributed by atoms with Crippen LogP contribution in [0.15, 0.2) is 10.8 Å². The molecule has 1 rings (SSSR count). The fraction of sp³-hybridized carbons (Fsp3) is 0.556. The first-order valence-electron chi connectivity index (χ1n) is 4.23. The Balaban J connectivity index is 3.05. The Morgan fingerprint density at radius 1 is 1.29 bits per heavy atom. The Morgan fingerprint density at radius 3 is 2.29 bits per heavy atom. The molecule has 0 radical (unpaired) electrons. The fourth-order valence-electron chi connectivity index (χ4n) is 1.15. The molecule has 0 aromatic carbocycles. The van der Waals surface area contributed by atoms with Crippen LogP contribution in [0.4, 0.5) is 13.2 Å². The van der Waals surface area contributed by atoms with E-state index in [0.29, 0.717) is 0 Å². The highest BCUT2D eigenvalue weighted by molar-refractivity contribution is 7.08. The van der Waals surface area contributed by atoms with Gasteiger partial charge >= 0.3 is 6.18 Å². The number of nitrogens with two attached hydrogens (primary N) is 1. The van der Waals surface area contributed by atoms with Gasteiger partial charge in [0.25, 0.3) is 0 Å². The predicted octanol–water partition coefficient (Wildman–Crippen LogP) is 3.42. The van der Waals surface area contributed by atoms with Crippen molar-refractivity contribution in [3.05, 3.63) is 21.9 Å². The lowest BCUT2D eigenvalue weighted by molar-refractivity contribution is -0.138. The van der Waals surface area contributed by atoms with E-state index in [1.165, 1.54) is 5.38 Å². The van der Waals surface area contributed by atoms with Gasteiger partial charge in [0.2, 0.25) is 0 Å². The zero-order valence-electron chi connectivity index (χ0n) is 7.93. The molecule has 0 aliphatic heterocycles. The first-order valence-corrected chi connectivity index (χ1v) is 5.17. The molecular formula is C9H12F3NS. The van der Waals surface area contributed by atoms with Crippen LogP contribution in [0, 0.1) is 5.92 Å². The molecule has 0 amide bonds. The van der Waals surface area contributed by atoms with E-state index in [1.807, 2.05) is 13.8 Å². The third-order valence-corrected chi connectivity index (χ3v) is 2.84. The van der Waals surface area contributed by atoms with Gasteiger partial charge in [-0.15, -0.1) is 0 Å². The van der Waals surface area contributed by atoms with Crippen molar-refractivity contribution in [1.29, 1.82) is 0 Å². The van der Waals surface area contributed by atoms with Gasteiger partial charge in [-0.3, -0.25) is 0 Å². The SMILES string of the molecule is CC(C)[C@@H](N)c1cscc1C(F)(F)F. The molecule has 0 spiro atoms. The van der Waals surface area contributed by atoms with Crippen LogP contribution in [0.1, 0.15) is 31.0 Å². The van der Waals surface area contributed by atoms with Crippen molar-refractivity contribution in [1.82, 2.24) is 0 Å². The Labute approximate surface area is 84.7 Å². The lowest BCUT2D eigenvalue weighted by Crippen LogP contribution is -2.20. The van der Waals surface area contributed by atoms with E-state index in [1.54, 1.807) is 0 Å². The number of hydrogen-bond acceptors (Lipinski definition) is 2. The van der Waals surface area contributed by atoms with Crippen LogP contribution in [0.2, 0.25) is 0 Å². The Kier molecular flexibility index (Phi) is 3.21. The first-order chi connectivity index (χ1) is 6.34. The summed E-state index contributed by atoms with van der Waals surface area (Å²) >= 11 is 1.04. The summed E-state index contributed by atoms with van der Waals surface area (Å²) < 4.78 is 37.4. The summed E-state index contributed by atoms with van der Waals surface area (Å²) in [6.45, 7) is 3.62. The summed E-state index contributed by atoms with van der Waals surface area (Å²) in [6, 6.07) is -0.544. The zero-order chi connectivity index (χ0) is 10.9. The highest BCUT2D eigenvalue weighted by atomic mass is 32.1. The van der Waals surface area contributed by atoms with E-state index in [0.717, 1.165) is 16.7 Å². The molecule has 1 atom stereocenters. The monoisotopic (exact) mass is 223 g/mol. The third-order valence-electron chi connectivity index (χ3n) is 2.07. The lowest BCUT2D eigenvalue weighted by Gasteiger charge is -2.17. The lowest BCUT2D eigenvalue weighted by atomic mass is 9.96. The van der Waals surface area contributed by atoms with Gasteiger partial charge in [0.15, 0.2) is 0 Å². The first kappa shape index (κ1) is 11.5. The molecule has 0 saturated carbocycles. The minimum Gasteiger partial charge on any atom is -0.324 e. The van der Waals surface area contributed by atoms with E-state index in [4.69, 9.17) is 5.73 Å². The maximum Gasteiger partial charge on any atom is 0.417 e. The average Bonchev–Trinajstić information content (AvgIpc) is 2.48. The molecular weight excluding hydrogens is 211 g/mol. The molecule has 1 nitrogen and oxygen atoms in total. The molecule has 0 aliphatic carbocycles. The van der Waals surface area contributed by atoms with Crippen molar-refractivity contribution in [3.63, 3.8) is 0 Å². The molecule has 1 aromatic rings. The van der Waals surface area contributed by atoms with E-state index >= 15 is 0 Å². The number of thiophene rings is 1. The second kappa shape index (κ2) is 3.90. The van der Waals surface area contributed by atoms with E-state index in [-0.39, 0.29) is 11.5 Å². The van der Waals surface area contributed by atoms with E-state index in [2.05, 4.69) is 0 Å². The molecule has 1 heterocycles. The van der Waals surface area contributed by atoms with Crippen molar-refractivity contribution in [2.75, 3.05) is 0 Å². The van der Waals surface area contributed by atoms with Crippen molar-refractivity contribution < 1.29 is 13.2 Å². The highest BCUT2D eigenvalue weighted by Gasteiger charge is 2.35. The third kappa shape index (κ3) is 2.27. The van der Waals surface area contributed by atoms with Gasteiger partial charge in [0.1, 0.15) is 0 Å². The topological polar surface area (TPSA) is 26.0 Å². The second-order valence-electron chi connectivity index (χ2n) is 3.51. The van der Waals surface area contributed by atoms with E-state index < -0.39 is 17.8 Å². The maximum absolute atomic E-state index is 12.5. The smallest absolute Gasteiger partial charge is 0.324 e. The molecule has 80 valence electrons. The quantitative estimate of drug-likeness (QED) is 0.816. The predicted molar refractivity (Wildman–Crippen MR) is 51.1 cm³/mol. The Morgan fingerprint density at radius 2 is 1.86 bits per heavy atom. The number of rotatable bonds is 2. The van der Waals surface area contributed by atoms with Gasteiger partial charge in [-0.2, -0.15) is 24.5 Å². The summed E-state index contributed by atoms with van der Waals surface area (Å²) in [7, 11) is 0. The van der Waals surface area contributed by atoms with Crippen LogP contribution in [-0.2, 0) is 6.18 Å². The number of hydrogen-bond donors (Lipinski definition) is 1. The van der Waals surface area contributed by atoms with E-state index in [9.17, 15) is 13.2 Å². The molecule has 1 aromatic heterocycles. The second-order valence-corrected chi connectivity index (χ2v) is 4.25. The number of alkyl halides is 3. The van der Waals surface area contributed by atoms with Crippen molar-refractivity contribution >= 4 is 11.3 Å². The number of halogens is 3. The largest absolute Gasteiger partial charge is 0.417 e. The van der Waals surface area contributed by atoms with Crippen LogP contribution >= 0.6 is 11.3 Å². The summed E-state index contributed by atoms with van der Waals surface area (Å²) in [4.78, 5) is 0. The molecule has 0 unspecified atom stereocenters. The summed E-state index contributed by atoms with van der Waals surface area (Å²) in [5.41, 5.74) is 5.30. The van der Waals surface area contributed by atoms with Crippen LogP contribution in [-0.4, -0.2) is 0 Å². The molecule has 0 saturated heterocycles. The van der Waals surface area contributed by atoms with Crippen LogP contribution in [0.3, 0.4) is 0 Å². The van der Waals surface area contributed by atoms with Crippen molar-refractivity contribution in [2.24, 2.45) is 11.7 Å². The van der Waals surface area contributed by atoms with Crippen LogP contribution in [0.5, 0.6) is 0 Å². The summed E-state index contributed by atoms with van der Waals surface area (Å²) in [5.74, 6) is 0.00528. The van der Waals surface area contributed by atoms with Gasteiger partial charge in [-0.1, -0.05) is 13.8 Å². The van der Waals surface area contributed by atoms with Gasteiger partial charge < -0.3 is 5.73 Å². The van der Waals surface area contributed by atoms with Gasteiger partial charge in [0.05, 0.1) is 5.56 Å². The average molecular weight is 223 g/mol. The molecule has 14 heavy (non-hydrogen) atoms. The Bertz CT molecular complexity index is 303. The molecule has 5 heteroatoms. The molecule has 0 fully saturated rings. The summed E-state index contributed by atoms with van der Waals surface area (Å²) in [6.07, 6.45) is -4.29. The molecule has 2 N–H and O–H groups in total. The normalized spacial score (nSPS) is 14.8. The molecule has 0 aliphatic rings. The standard InChI is InChI=1S/C9H12F3NS/c1-5(2)8(13)6-3-14-4-7(6)9(10,11)12/h3-5,8H,13H2,1-2H3/t8-/m1/s1. The van der Waals surface area contributed by atoms with Crippen LogP contribution in [0.25, 0.3) is 0 Å². The van der Waals surface area contributed by atoms with Gasteiger partial charge in [-0.05, 0) is 16.9 Å². The van der Waals surface area contributed by atoms with Gasteiger partial charge in [-0.25, -0.2) is 0 Å². The molecule has 0 bridgehead atoms. The van der Waals surface area contributed by atoms with Crippen molar-refractivity contribution in [2.45, 2.75) is 26.1 Å². The summed E-state index contributed by atoms with van der Waals surface area (Å²) in [5, 5.41) is 2.59. The Hall–Kier alpha value is -0.550. The zero-order valence-corrected chi connectivity index (χ0v) is 8.75. The minimum atomic E-state index is -4.29. The highest BCUT2D eigenvalue weighted by Crippen LogP contribution is 2.37. The van der Waals surface area contributed by atoms with Crippen LogP contribution < -0.4 is 5.73 Å². The minimum absolute atomic E-state index is 0.00528. The fourth-order valence-corrected chi connectivity index (χ4v) is 2.06. The van der Waals surface area contributed by atoms with Crippen molar-refractivity contribution in [3.8, 4) is 0 Å². The maximum atomic E-state index is 12.5. The van der Waals surface area contributed by atoms with Gasteiger partial charge in [0, 0.05) is 11.4 Å².